The number of hydrogen-bond donors (Lipinski definition) is 2. The number of aliphatic hydroxyl groups is 1. The number of carbonyl (C=O) groups excluding carboxylic acids is 1. The molecular weight excluding hydrogens is 163 g/mol. The van der Waals surface area contributed by atoms with Gasteiger partial charge in [0.15, 0.2) is 0 Å². The molecule has 2 atom stereocenters. The fourth-order valence-corrected chi connectivity index (χ4v) is 0.873. The number of aliphatic hydroxyl groups excluding tert-OH is 1. The van der Waals surface area contributed by atoms with Crippen LogP contribution in [0, 0.1) is 0 Å². The van der Waals surface area contributed by atoms with Crippen molar-refractivity contribution in [3.05, 3.63) is 0 Å². The zero-order valence-corrected chi connectivity index (χ0v) is 5.35. The summed E-state index contributed by atoms with van der Waals surface area (Å²) in [6.07, 6.45) is -6.54. The van der Waals surface area contributed by atoms with Gasteiger partial charge in [0, 0.05) is 6.42 Å². The van der Waals surface area contributed by atoms with Crippen LogP contribution in [0.15, 0.2) is 0 Å². The van der Waals surface area contributed by atoms with E-state index in [4.69, 9.17) is 5.11 Å². The van der Waals surface area contributed by atoms with Crippen LogP contribution in [0.25, 0.3) is 0 Å². The first-order chi connectivity index (χ1) is 4.91. The summed E-state index contributed by atoms with van der Waals surface area (Å²) in [7, 11) is 0. The van der Waals surface area contributed by atoms with Gasteiger partial charge in [0.25, 0.3) is 0 Å². The number of rotatable bonds is 0. The molecule has 11 heavy (non-hydrogen) atoms. The van der Waals surface area contributed by atoms with Crippen molar-refractivity contribution < 1.29 is 23.1 Å². The number of carbonyl (C=O) groups is 1. The molecule has 0 unspecified atom stereocenters. The van der Waals surface area contributed by atoms with Gasteiger partial charge in [0.2, 0.25) is 5.91 Å². The van der Waals surface area contributed by atoms with Crippen LogP contribution in [-0.4, -0.2) is 29.3 Å². The second-order valence-electron chi connectivity index (χ2n) is 2.35. The Labute approximate surface area is 60.2 Å². The van der Waals surface area contributed by atoms with Crippen LogP contribution < -0.4 is 5.32 Å². The molecule has 1 aliphatic heterocycles. The molecule has 0 aromatic carbocycles. The van der Waals surface area contributed by atoms with Crippen LogP contribution in [0.4, 0.5) is 13.2 Å². The maximum atomic E-state index is 11.8. The number of nitrogens with one attached hydrogen (secondary N) is 1. The van der Waals surface area contributed by atoms with E-state index in [1.165, 1.54) is 0 Å². The molecule has 1 fully saturated rings. The molecule has 0 saturated carbocycles. The Hall–Kier alpha value is -0.780. The lowest BCUT2D eigenvalue weighted by Gasteiger charge is -2.12. The maximum Gasteiger partial charge on any atom is 0.408 e. The van der Waals surface area contributed by atoms with Crippen LogP contribution >= 0.6 is 0 Å². The lowest BCUT2D eigenvalue weighted by Crippen LogP contribution is -2.38. The second-order valence-corrected chi connectivity index (χ2v) is 2.35. The largest absolute Gasteiger partial charge is 0.408 e. The van der Waals surface area contributed by atoms with E-state index in [0.717, 1.165) is 0 Å². The summed E-state index contributed by atoms with van der Waals surface area (Å²) in [4.78, 5) is 10.4. The summed E-state index contributed by atoms with van der Waals surface area (Å²) in [5.41, 5.74) is 0. The van der Waals surface area contributed by atoms with Crippen molar-refractivity contribution in [2.45, 2.75) is 24.7 Å². The normalized spacial score (nSPS) is 32.2. The topological polar surface area (TPSA) is 49.3 Å². The van der Waals surface area contributed by atoms with Crippen molar-refractivity contribution in [3.8, 4) is 0 Å². The van der Waals surface area contributed by atoms with E-state index in [1.54, 1.807) is 5.32 Å². The molecule has 3 nitrogen and oxygen atoms in total. The fourth-order valence-electron chi connectivity index (χ4n) is 0.873. The summed E-state index contributed by atoms with van der Waals surface area (Å²) in [5, 5.41) is 10.2. The van der Waals surface area contributed by atoms with Gasteiger partial charge in [-0.1, -0.05) is 0 Å². The molecular formula is C5H6F3NO2. The van der Waals surface area contributed by atoms with E-state index in [1.807, 2.05) is 0 Å². The Morgan fingerprint density at radius 1 is 1.55 bits per heavy atom. The number of halogens is 3. The molecule has 0 bridgehead atoms. The predicted molar refractivity (Wildman–Crippen MR) is 28.6 cm³/mol. The molecule has 0 radical (unpaired) electrons. The van der Waals surface area contributed by atoms with Crippen molar-refractivity contribution in [2.75, 3.05) is 0 Å². The zero-order valence-electron chi connectivity index (χ0n) is 5.35. The van der Waals surface area contributed by atoms with E-state index in [0.29, 0.717) is 0 Å². The highest BCUT2D eigenvalue weighted by Crippen LogP contribution is 2.26. The van der Waals surface area contributed by atoms with Crippen LogP contribution in [-0.2, 0) is 4.79 Å². The molecule has 1 heterocycles. The minimum Gasteiger partial charge on any atom is -0.383 e. The van der Waals surface area contributed by atoms with Crippen LogP contribution in [0.1, 0.15) is 6.42 Å². The van der Waals surface area contributed by atoms with Gasteiger partial charge in [-0.2, -0.15) is 13.2 Å². The van der Waals surface area contributed by atoms with Gasteiger partial charge in [0.05, 0.1) is 0 Å². The first-order valence-electron chi connectivity index (χ1n) is 2.96. The minimum atomic E-state index is -4.45. The molecule has 0 aromatic heterocycles. The van der Waals surface area contributed by atoms with E-state index in [-0.39, 0.29) is 0 Å². The smallest absolute Gasteiger partial charge is 0.383 e. The Kier molecular flexibility index (Phi) is 1.79. The minimum absolute atomic E-state index is 0.581. The molecule has 1 rings (SSSR count). The average molecular weight is 169 g/mol. The first kappa shape index (κ1) is 8.32. The Bertz CT molecular complexity index is 179. The average Bonchev–Trinajstić information content (AvgIpc) is 2.11. The van der Waals surface area contributed by atoms with Crippen LogP contribution in [0.2, 0.25) is 0 Å². The van der Waals surface area contributed by atoms with E-state index >= 15 is 0 Å². The Morgan fingerprint density at radius 2 is 2.09 bits per heavy atom. The van der Waals surface area contributed by atoms with Crippen LogP contribution in [0.5, 0.6) is 0 Å². The molecule has 1 aliphatic rings. The fraction of sp³-hybridized carbons (Fsp3) is 0.800. The quantitative estimate of drug-likeness (QED) is 0.527. The molecule has 2 N–H and O–H groups in total. The molecule has 6 heteroatoms. The van der Waals surface area contributed by atoms with Gasteiger partial charge >= 0.3 is 6.18 Å². The van der Waals surface area contributed by atoms with Gasteiger partial charge in [-0.25, -0.2) is 0 Å². The van der Waals surface area contributed by atoms with Crippen molar-refractivity contribution >= 4 is 5.91 Å². The van der Waals surface area contributed by atoms with Crippen molar-refractivity contribution in [1.29, 1.82) is 0 Å². The predicted octanol–water partition coefficient (Wildman–Crippen LogP) is -0.202. The molecule has 0 aromatic rings. The van der Waals surface area contributed by atoms with E-state index in [2.05, 4.69) is 0 Å². The molecule has 64 valence electrons. The lowest BCUT2D eigenvalue weighted by molar-refractivity contribution is -0.155. The lowest BCUT2D eigenvalue weighted by atomic mass is 10.2. The number of amides is 1. The Balaban J connectivity index is 2.61. The third kappa shape index (κ3) is 1.62. The van der Waals surface area contributed by atoms with Crippen molar-refractivity contribution in [2.24, 2.45) is 0 Å². The van der Waals surface area contributed by atoms with E-state index < -0.39 is 30.7 Å². The second kappa shape index (κ2) is 2.37. The monoisotopic (exact) mass is 169 g/mol. The molecule has 0 aliphatic carbocycles. The van der Waals surface area contributed by atoms with E-state index in [9.17, 15) is 18.0 Å². The summed E-state index contributed by atoms with van der Waals surface area (Å²) < 4.78 is 35.3. The first-order valence-corrected chi connectivity index (χ1v) is 2.96. The standard InChI is InChI=1S/C5H6F3NO2/c6-5(7,8)3-1-2(10)4(11)9-3/h2-3,10H,1H2,(H,9,11)/t2-,3-/m0/s1. The highest BCUT2D eigenvalue weighted by molar-refractivity contribution is 5.83. The highest BCUT2D eigenvalue weighted by Gasteiger charge is 2.47. The number of hydrogen-bond acceptors (Lipinski definition) is 2. The third-order valence-corrected chi connectivity index (χ3v) is 1.47. The summed E-state index contributed by atoms with van der Waals surface area (Å²) in [6, 6.07) is -1.88. The number of alkyl halides is 3. The third-order valence-electron chi connectivity index (χ3n) is 1.47. The zero-order chi connectivity index (χ0) is 8.65. The van der Waals surface area contributed by atoms with Crippen LogP contribution in [0.3, 0.4) is 0 Å². The molecule has 1 amide bonds. The summed E-state index contributed by atoms with van der Waals surface area (Å²) >= 11 is 0. The highest BCUT2D eigenvalue weighted by atomic mass is 19.4. The molecule has 1 saturated heterocycles. The Morgan fingerprint density at radius 3 is 2.27 bits per heavy atom. The summed E-state index contributed by atoms with van der Waals surface area (Å²) in [6.45, 7) is 0. The van der Waals surface area contributed by atoms with Gasteiger partial charge in [-0.3, -0.25) is 4.79 Å². The SMILES string of the molecule is O=C1N[C@H](C(F)(F)F)C[C@@H]1O. The van der Waals surface area contributed by atoms with Gasteiger partial charge in [0.1, 0.15) is 12.1 Å². The maximum absolute atomic E-state index is 11.8. The van der Waals surface area contributed by atoms with Gasteiger partial charge < -0.3 is 10.4 Å². The van der Waals surface area contributed by atoms with Crippen molar-refractivity contribution in [3.63, 3.8) is 0 Å². The molecule has 0 spiro atoms. The van der Waals surface area contributed by atoms with Gasteiger partial charge in [-0.05, 0) is 0 Å². The van der Waals surface area contributed by atoms with Crippen molar-refractivity contribution in [1.82, 2.24) is 5.32 Å². The van der Waals surface area contributed by atoms with Gasteiger partial charge in [-0.15, -0.1) is 0 Å². The summed E-state index contributed by atoms with van der Waals surface area (Å²) in [5.74, 6) is -0.952.